The van der Waals surface area contributed by atoms with E-state index in [-0.39, 0.29) is 5.75 Å². The SMILES string of the molecule is Cc1cc(F)cc(C(O)C(O)CS)c1. The summed E-state index contributed by atoms with van der Waals surface area (Å²) in [7, 11) is 0. The third-order valence-corrected chi connectivity index (χ3v) is 2.33. The molecular weight excluding hydrogens is 203 g/mol. The van der Waals surface area contributed by atoms with Gasteiger partial charge in [-0.15, -0.1) is 0 Å². The predicted octanol–water partition coefficient (Wildman–Crippen LogP) is 1.46. The van der Waals surface area contributed by atoms with Crippen LogP contribution in [-0.2, 0) is 0 Å². The van der Waals surface area contributed by atoms with Crippen LogP contribution in [0.25, 0.3) is 0 Å². The summed E-state index contributed by atoms with van der Waals surface area (Å²) in [4.78, 5) is 0. The first-order chi connectivity index (χ1) is 6.54. The Morgan fingerprint density at radius 1 is 1.36 bits per heavy atom. The Morgan fingerprint density at radius 2 is 2.00 bits per heavy atom. The standard InChI is InChI=1S/C10H13FO2S/c1-6-2-7(4-8(11)3-6)10(13)9(12)5-14/h2-4,9-10,12-14H,5H2,1H3. The molecule has 0 spiro atoms. The van der Waals surface area contributed by atoms with Gasteiger partial charge in [0.1, 0.15) is 11.9 Å². The van der Waals surface area contributed by atoms with Crippen LogP contribution in [0.5, 0.6) is 0 Å². The molecule has 2 unspecified atom stereocenters. The minimum Gasteiger partial charge on any atom is -0.389 e. The van der Waals surface area contributed by atoms with Gasteiger partial charge in [-0.05, 0) is 30.2 Å². The summed E-state index contributed by atoms with van der Waals surface area (Å²) in [6, 6.07) is 4.22. The van der Waals surface area contributed by atoms with E-state index < -0.39 is 18.0 Å². The van der Waals surface area contributed by atoms with Crippen molar-refractivity contribution in [2.45, 2.75) is 19.1 Å². The molecule has 4 heteroatoms. The minimum absolute atomic E-state index is 0.136. The first kappa shape index (κ1) is 11.5. The molecule has 14 heavy (non-hydrogen) atoms. The van der Waals surface area contributed by atoms with Crippen LogP contribution in [0.4, 0.5) is 4.39 Å². The average Bonchev–Trinajstić information content (AvgIpc) is 2.14. The van der Waals surface area contributed by atoms with E-state index in [0.29, 0.717) is 11.1 Å². The zero-order valence-corrected chi connectivity index (χ0v) is 8.71. The maximum Gasteiger partial charge on any atom is 0.123 e. The number of benzene rings is 1. The molecule has 1 rings (SSSR count). The zero-order valence-electron chi connectivity index (χ0n) is 7.81. The molecule has 78 valence electrons. The second kappa shape index (κ2) is 4.77. The Kier molecular flexibility index (Phi) is 3.92. The number of aliphatic hydroxyl groups excluding tert-OH is 2. The molecule has 0 aliphatic carbocycles. The highest BCUT2D eigenvalue weighted by molar-refractivity contribution is 7.80. The fourth-order valence-electron chi connectivity index (χ4n) is 1.26. The van der Waals surface area contributed by atoms with Crippen LogP contribution in [-0.4, -0.2) is 22.1 Å². The topological polar surface area (TPSA) is 40.5 Å². The summed E-state index contributed by atoms with van der Waals surface area (Å²) >= 11 is 3.85. The van der Waals surface area contributed by atoms with Crippen molar-refractivity contribution in [3.63, 3.8) is 0 Å². The average molecular weight is 216 g/mol. The number of aliphatic hydroxyl groups is 2. The number of aryl methyl sites for hydroxylation is 1. The van der Waals surface area contributed by atoms with E-state index in [2.05, 4.69) is 12.6 Å². The molecule has 0 amide bonds. The van der Waals surface area contributed by atoms with Gasteiger partial charge in [-0.3, -0.25) is 0 Å². The lowest BCUT2D eigenvalue weighted by molar-refractivity contribution is 0.0335. The Labute approximate surface area is 87.8 Å². The Hall–Kier alpha value is -0.580. The van der Waals surface area contributed by atoms with Gasteiger partial charge in [-0.25, -0.2) is 4.39 Å². The molecule has 0 saturated heterocycles. The number of thiol groups is 1. The summed E-state index contributed by atoms with van der Waals surface area (Å²) in [6.45, 7) is 1.73. The summed E-state index contributed by atoms with van der Waals surface area (Å²) < 4.78 is 12.9. The molecule has 0 aliphatic heterocycles. The third kappa shape index (κ3) is 2.70. The molecule has 0 fully saturated rings. The van der Waals surface area contributed by atoms with E-state index in [1.165, 1.54) is 12.1 Å². The van der Waals surface area contributed by atoms with Gasteiger partial charge in [0.25, 0.3) is 0 Å². The number of rotatable bonds is 3. The van der Waals surface area contributed by atoms with Crippen molar-refractivity contribution in [2.75, 3.05) is 5.75 Å². The van der Waals surface area contributed by atoms with Crippen molar-refractivity contribution in [3.05, 3.63) is 35.1 Å². The highest BCUT2D eigenvalue weighted by Crippen LogP contribution is 2.20. The first-order valence-corrected chi connectivity index (χ1v) is 4.92. The number of hydrogen-bond acceptors (Lipinski definition) is 3. The van der Waals surface area contributed by atoms with Gasteiger partial charge in [0.15, 0.2) is 0 Å². The van der Waals surface area contributed by atoms with Gasteiger partial charge in [0, 0.05) is 5.75 Å². The van der Waals surface area contributed by atoms with E-state index in [4.69, 9.17) is 0 Å². The van der Waals surface area contributed by atoms with Gasteiger partial charge in [0.05, 0.1) is 6.10 Å². The van der Waals surface area contributed by atoms with Gasteiger partial charge in [-0.2, -0.15) is 12.6 Å². The van der Waals surface area contributed by atoms with Gasteiger partial charge in [0.2, 0.25) is 0 Å². The van der Waals surface area contributed by atoms with E-state index in [9.17, 15) is 14.6 Å². The van der Waals surface area contributed by atoms with E-state index in [1.54, 1.807) is 13.0 Å². The first-order valence-electron chi connectivity index (χ1n) is 4.28. The largest absolute Gasteiger partial charge is 0.389 e. The summed E-state index contributed by atoms with van der Waals surface area (Å²) in [5, 5.41) is 18.9. The number of hydrogen-bond donors (Lipinski definition) is 3. The monoisotopic (exact) mass is 216 g/mol. The fourth-order valence-corrected chi connectivity index (χ4v) is 1.46. The van der Waals surface area contributed by atoms with Gasteiger partial charge >= 0.3 is 0 Å². The zero-order chi connectivity index (χ0) is 10.7. The Morgan fingerprint density at radius 3 is 2.50 bits per heavy atom. The Bertz CT molecular complexity index is 297. The molecule has 0 bridgehead atoms. The molecular formula is C10H13FO2S. The second-order valence-corrected chi connectivity index (χ2v) is 3.62. The molecule has 0 heterocycles. The molecule has 2 nitrogen and oxygen atoms in total. The van der Waals surface area contributed by atoms with Crippen molar-refractivity contribution in [2.24, 2.45) is 0 Å². The van der Waals surface area contributed by atoms with Crippen molar-refractivity contribution >= 4 is 12.6 Å². The fraction of sp³-hybridized carbons (Fsp3) is 0.400. The molecule has 1 aromatic carbocycles. The molecule has 0 aliphatic rings. The Balaban J connectivity index is 2.94. The van der Waals surface area contributed by atoms with Crippen LogP contribution in [0, 0.1) is 12.7 Å². The predicted molar refractivity (Wildman–Crippen MR) is 56.0 cm³/mol. The molecule has 0 saturated carbocycles. The van der Waals surface area contributed by atoms with E-state index in [0.717, 1.165) is 0 Å². The van der Waals surface area contributed by atoms with Gasteiger partial charge in [-0.1, -0.05) is 6.07 Å². The lowest BCUT2D eigenvalue weighted by Crippen LogP contribution is -2.19. The van der Waals surface area contributed by atoms with Gasteiger partial charge < -0.3 is 10.2 Å². The molecule has 1 aromatic rings. The maximum atomic E-state index is 12.9. The molecule has 0 aromatic heterocycles. The lowest BCUT2D eigenvalue weighted by atomic mass is 10.0. The second-order valence-electron chi connectivity index (χ2n) is 3.26. The van der Waals surface area contributed by atoms with Crippen LogP contribution in [0.3, 0.4) is 0 Å². The highest BCUT2D eigenvalue weighted by atomic mass is 32.1. The molecule has 2 atom stereocenters. The molecule has 2 N–H and O–H groups in total. The summed E-state index contributed by atoms with van der Waals surface area (Å²) in [5.41, 5.74) is 1.09. The maximum absolute atomic E-state index is 12.9. The van der Waals surface area contributed by atoms with Crippen LogP contribution in [0.2, 0.25) is 0 Å². The number of halogens is 1. The smallest absolute Gasteiger partial charge is 0.123 e. The van der Waals surface area contributed by atoms with Crippen LogP contribution >= 0.6 is 12.6 Å². The minimum atomic E-state index is -1.08. The van der Waals surface area contributed by atoms with Crippen molar-refractivity contribution in [1.29, 1.82) is 0 Å². The van der Waals surface area contributed by atoms with Crippen LogP contribution in [0.15, 0.2) is 18.2 Å². The van der Waals surface area contributed by atoms with Crippen molar-refractivity contribution in [1.82, 2.24) is 0 Å². The quantitative estimate of drug-likeness (QED) is 0.669. The van der Waals surface area contributed by atoms with E-state index >= 15 is 0 Å². The van der Waals surface area contributed by atoms with Crippen molar-refractivity contribution < 1.29 is 14.6 Å². The third-order valence-electron chi connectivity index (χ3n) is 1.96. The van der Waals surface area contributed by atoms with E-state index in [1.807, 2.05) is 0 Å². The normalized spacial score (nSPS) is 15.2. The highest BCUT2D eigenvalue weighted by Gasteiger charge is 2.17. The summed E-state index contributed by atoms with van der Waals surface area (Å²) in [6.07, 6.45) is -2.05. The van der Waals surface area contributed by atoms with Crippen LogP contribution < -0.4 is 0 Å². The summed E-state index contributed by atoms with van der Waals surface area (Å²) in [5.74, 6) is -0.276. The van der Waals surface area contributed by atoms with Crippen LogP contribution in [0.1, 0.15) is 17.2 Å². The molecule has 0 radical (unpaired) electrons. The van der Waals surface area contributed by atoms with Crippen molar-refractivity contribution in [3.8, 4) is 0 Å². The lowest BCUT2D eigenvalue weighted by Gasteiger charge is -2.16.